The topological polar surface area (TPSA) is 180 Å². The van der Waals surface area contributed by atoms with Crippen molar-refractivity contribution in [3.8, 4) is 0 Å². The maximum Gasteiger partial charge on any atom is 0.277 e. The van der Waals surface area contributed by atoms with Crippen molar-refractivity contribution in [3.05, 3.63) is 53.4 Å². The van der Waals surface area contributed by atoms with Crippen molar-refractivity contribution in [2.24, 2.45) is 5.92 Å². The second-order valence-electron chi connectivity index (χ2n) is 10.9. The molecule has 0 radical (unpaired) electrons. The van der Waals surface area contributed by atoms with Crippen LogP contribution in [-0.2, 0) is 36.3 Å². The molecule has 0 bridgehead atoms. The summed E-state index contributed by atoms with van der Waals surface area (Å²) in [4.78, 5) is 24.4. The summed E-state index contributed by atoms with van der Waals surface area (Å²) in [5.41, 5.74) is 0.620. The summed E-state index contributed by atoms with van der Waals surface area (Å²) in [6, 6.07) is 3.65. The van der Waals surface area contributed by atoms with E-state index in [-0.39, 0.29) is 51.5 Å². The Morgan fingerprint density at radius 1 is 1.24 bits per heavy atom. The molecular formula is C28H36N8O6S3. The van der Waals surface area contributed by atoms with E-state index >= 15 is 0 Å². The second-order valence-corrected chi connectivity index (χ2v) is 16.0. The van der Waals surface area contributed by atoms with E-state index < -0.39 is 26.0 Å². The van der Waals surface area contributed by atoms with Gasteiger partial charge in [0, 0.05) is 26.3 Å². The lowest BCUT2D eigenvalue weighted by molar-refractivity contribution is -0.117. The Labute approximate surface area is 266 Å². The number of nitrogens with one attached hydrogen (secondary N) is 3. The molecule has 3 N–H and O–H groups in total. The molecule has 0 saturated heterocycles. The SMILES string of the molecule is C/C=C\C(=N)NC(=O)C1=C(OCn2ccc3c(N(C)C4CCC(CS(=O)(=O)NC)CC4)ncnc32)c2ccsc2S(=O)(=O)N1C. The van der Waals surface area contributed by atoms with Gasteiger partial charge in [0.05, 0.1) is 16.7 Å². The number of carbonyl (C=O) groups excluding carboxylic acids is 1. The van der Waals surface area contributed by atoms with Crippen LogP contribution < -0.4 is 14.9 Å². The van der Waals surface area contributed by atoms with Crippen LogP contribution in [0.15, 0.2) is 52.1 Å². The molecule has 3 aromatic rings. The number of sulfonamides is 2. The molecule has 0 atom stereocenters. The van der Waals surface area contributed by atoms with Crippen molar-refractivity contribution in [2.45, 2.75) is 49.6 Å². The highest BCUT2D eigenvalue weighted by atomic mass is 32.2. The summed E-state index contributed by atoms with van der Waals surface area (Å²) in [6.07, 6.45) is 9.49. The highest BCUT2D eigenvalue weighted by Gasteiger charge is 2.40. The van der Waals surface area contributed by atoms with Crippen molar-refractivity contribution in [3.63, 3.8) is 0 Å². The summed E-state index contributed by atoms with van der Waals surface area (Å²) >= 11 is 1.03. The van der Waals surface area contributed by atoms with Gasteiger partial charge < -0.3 is 15.0 Å². The van der Waals surface area contributed by atoms with E-state index in [9.17, 15) is 21.6 Å². The molecule has 1 saturated carbocycles. The highest BCUT2D eigenvalue weighted by Crippen LogP contribution is 2.40. The minimum atomic E-state index is -4.00. The molecule has 242 valence electrons. The van der Waals surface area contributed by atoms with E-state index in [1.807, 2.05) is 13.1 Å². The lowest BCUT2D eigenvalue weighted by atomic mass is 9.86. The fourth-order valence-electron chi connectivity index (χ4n) is 5.74. The number of rotatable bonds is 10. The number of aromatic nitrogens is 3. The zero-order valence-corrected chi connectivity index (χ0v) is 27.8. The number of nitrogens with zero attached hydrogens (tertiary/aromatic N) is 5. The first-order valence-corrected chi connectivity index (χ1v) is 18.3. The number of carbonyl (C=O) groups is 1. The van der Waals surface area contributed by atoms with Crippen LogP contribution in [0.1, 0.15) is 38.2 Å². The number of amides is 1. The van der Waals surface area contributed by atoms with Gasteiger partial charge >= 0.3 is 0 Å². The molecule has 0 spiro atoms. The number of thiophene rings is 1. The van der Waals surface area contributed by atoms with Gasteiger partial charge in [0.2, 0.25) is 10.0 Å². The average Bonchev–Trinajstić information content (AvgIpc) is 3.67. The molecule has 1 aliphatic carbocycles. The minimum absolute atomic E-state index is 0.0574. The summed E-state index contributed by atoms with van der Waals surface area (Å²) in [5, 5.41) is 12.8. The van der Waals surface area contributed by atoms with Crippen LogP contribution in [0.25, 0.3) is 16.8 Å². The number of amidine groups is 1. The van der Waals surface area contributed by atoms with E-state index in [2.05, 4.69) is 24.9 Å². The number of fused-ring (bicyclic) bond motifs is 2. The standard InChI is InChI=1S/C28H36N8O6S3/c1-5-6-22(29)33-27(37)23-24(20-12-14-43-28(20)45(40,41)35(23)4)42-17-36-13-11-21-25(31-16-32-26(21)36)34(3)19-9-7-18(8-10-19)15-44(38,39)30-2/h5-6,11-14,16,18-19,30H,7-10,15,17H2,1-4H3,(H2,29,33,37)/b6-5-. The third-order valence-corrected chi connectivity index (χ3v) is 12.9. The number of anilines is 1. The second kappa shape index (κ2) is 12.9. The first kappa shape index (κ1) is 32.6. The zero-order valence-electron chi connectivity index (χ0n) is 25.3. The largest absolute Gasteiger partial charge is 0.470 e. The first-order chi connectivity index (χ1) is 21.4. The number of hydrogen-bond donors (Lipinski definition) is 3. The Bertz CT molecular complexity index is 1890. The number of allylic oxidation sites excluding steroid dienone is 1. The minimum Gasteiger partial charge on any atom is -0.470 e. The van der Waals surface area contributed by atoms with Gasteiger partial charge in [-0.15, -0.1) is 11.3 Å². The van der Waals surface area contributed by atoms with E-state index in [1.165, 1.54) is 26.5 Å². The Balaban J connectivity index is 1.39. The van der Waals surface area contributed by atoms with Crippen LogP contribution in [0.3, 0.4) is 0 Å². The van der Waals surface area contributed by atoms with Gasteiger partial charge in [0.1, 0.15) is 23.6 Å². The molecule has 0 unspecified atom stereocenters. The van der Waals surface area contributed by atoms with Crippen molar-refractivity contribution in [1.82, 2.24) is 28.9 Å². The van der Waals surface area contributed by atoms with Crippen molar-refractivity contribution in [2.75, 3.05) is 31.8 Å². The van der Waals surface area contributed by atoms with Crippen LogP contribution in [0.4, 0.5) is 5.82 Å². The number of hydrogen-bond acceptors (Lipinski definition) is 11. The van der Waals surface area contributed by atoms with Gasteiger partial charge in [0.15, 0.2) is 22.4 Å². The monoisotopic (exact) mass is 676 g/mol. The maximum absolute atomic E-state index is 13.3. The van der Waals surface area contributed by atoms with Crippen LogP contribution >= 0.6 is 11.3 Å². The molecule has 0 aromatic carbocycles. The van der Waals surface area contributed by atoms with Gasteiger partial charge in [-0.2, -0.15) is 0 Å². The van der Waals surface area contributed by atoms with Crippen molar-refractivity contribution < 1.29 is 26.4 Å². The predicted octanol–water partition coefficient (Wildman–Crippen LogP) is 2.68. The maximum atomic E-state index is 13.3. The summed E-state index contributed by atoms with van der Waals surface area (Å²) in [5.74, 6) is 0.0570. The van der Waals surface area contributed by atoms with Crippen LogP contribution in [-0.4, -0.2) is 80.4 Å². The smallest absolute Gasteiger partial charge is 0.277 e. The Hall–Kier alpha value is -3.80. The molecule has 17 heteroatoms. The van der Waals surface area contributed by atoms with Crippen LogP contribution in [0, 0.1) is 11.3 Å². The summed E-state index contributed by atoms with van der Waals surface area (Å²) in [7, 11) is -2.56. The van der Waals surface area contributed by atoms with E-state index in [4.69, 9.17) is 10.1 Å². The molecule has 1 aliphatic heterocycles. The number of ether oxygens (including phenoxy) is 1. The lowest BCUT2D eigenvalue weighted by Gasteiger charge is -2.35. The van der Waals surface area contributed by atoms with Gasteiger partial charge in [-0.3, -0.25) is 19.1 Å². The molecule has 3 aromatic heterocycles. The van der Waals surface area contributed by atoms with Gasteiger partial charge in [-0.25, -0.2) is 31.5 Å². The summed E-state index contributed by atoms with van der Waals surface area (Å²) in [6.45, 7) is 1.61. The molecular weight excluding hydrogens is 641 g/mol. The number of likely N-dealkylation sites (N-methyl/N-ethyl adjacent to an activating group) is 1. The van der Waals surface area contributed by atoms with E-state index in [1.54, 1.807) is 35.2 Å². The molecule has 2 aliphatic rings. The van der Waals surface area contributed by atoms with E-state index in [0.717, 1.165) is 52.5 Å². The molecule has 1 amide bonds. The summed E-state index contributed by atoms with van der Waals surface area (Å²) < 4.78 is 61.7. The molecule has 14 nitrogen and oxygen atoms in total. The molecule has 1 fully saturated rings. The van der Waals surface area contributed by atoms with Gasteiger partial charge in [0.25, 0.3) is 15.9 Å². The quantitative estimate of drug-likeness (QED) is 0.215. The zero-order chi connectivity index (χ0) is 32.5. The van der Waals surface area contributed by atoms with Crippen molar-refractivity contribution >= 4 is 65.7 Å². The molecule has 5 rings (SSSR count). The van der Waals surface area contributed by atoms with Crippen LogP contribution in [0.2, 0.25) is 0 Å². The fraction of sp³-hybridized carbons (Fsp3) is 0.429. The normalized spacial score (nSPS) is 20.0. The highest BCUT2D eigenvalue weighted by molar-refractivity contribution is 7.91. The Morgan fingerprint density at radius 3 is 2.67 bits per heavy atom. The third kappa shape index (κ3) is 6.47. The molecule has 4 heterocycles. The average molecular weight is 677 g/mol. The fourth-order valence-corrected chi connectivity index (χ4v) is 9.55. The third-order valence-electron chi connectivity index (χ3n) is 8.14. The first-order valence-electron chi connectivity index (χ1n) is 14.3. The predicted molar refractivity (Wildman–Crippen MR) is 172 cm³/mol. The Kier molecular flexibility index (Phi) is 9.34. The Morgan fingerprint density at radius 2 is 1.98 bits per heavy atom. The van der Waals surface area contributed by atoms with Gasteiger partial charge in [-0.05, 0) is 69.2 Å². The lowest BCUT2D eigenvalue weighted by Crippen LogP contribution is -2.41. The van der Waals surface area contributed by atoms with E-state index in [0.29, 0.717) is 5.65 Å². The van der Waals surface area contributed by atoms with Crippen molar-refractivity contribution in [1.29, 1.82) is 5.41 Å². The van der Waals surface area contributed by atoms with Gasteiger partial charge in [-0.1, -0.05) is 6.08 Å². The van der Waals surface area contributed by atoms with Crippen LogP contribution in [0.5, 0.6) is 0 Å². The molecule has 45 heavy (non-hydrogen) atoms.